The summed E-state index contributed by atoms with van der Waals surface area (Å²) in [6.07, 6.45) is 7.19. The molecule has 2 fully saturated rings. The number of nitrogens with one attached hydrogen (secondary N) is 1. The summed E-state index contributed by atoms with van der Waals surface area (Å²) in [4.78, 5) is 14.7. The first-order valence-electron chi connectivity index (χ1n) is 7.90. The summed E-state index contributed by atoms with van der Waals surface area (Å²) in [5.74, 6) is 3.64. The van der Waals surface area contributed by atoms with E-state index in [1.54, 1.807) is 0 Å². The molecule has 1 amide bonds. The fraction of sp³-hybridized carbons (Fsp3) is 0.933. The highest BCUT2D eigenvalue weighted by molar-refractivity contribution is 7.99. The fourth-order valence-electron chi connectivity index (χ4n) is 3.12. The van der Waals surface area contributed by atoms with Gasteiger partial charge in [-0.2, -0.15) is 11.8 Å². The normalized spacial score (nSPS) is 29.2. The van der Waals surface area contributed by atoms with Crippen LogP contribution in [0.1, 0.15) is 52.4 Å². The number of thioether (sulfide) groups is 1. The van der Waals surface area contributed by atoms with Crippen LogP contribution in [0, 0.1) is 5.92 Å². The van der Waals surface area contributed by atoms with Crippen LogP contribution in [0.4, 0.5) is 0 Å². The third kappa shape index (κ3) is 3.88. The van der Waals surface area contributed by atoms with Crippen molar-refractivity contribution in [3.63, 3.8) is 0 Å². The molecule has 0 aromatic heterocycles. The van der Waals surface area contributed by atoms with Gasteiger partial charge >= 0.3 is 0 Å². The molecule has 2 heterocycles. The van der Waals surface area contributed by atoms with Crippen molar-refractivity contribution in [2.45, 2.75) is 64.6 Å². The molecule has 2 rings (SSSR count). The number of carbonyl (C=O) groups is 1. The molecular weight excluding hydrogens is 256 g/mol. The molecule has 0 aromatic rings. The van der Waals surface area contributed by atoms with Crippen molar-refractivity contribution in [1.82, 2.24) is 10.2 Å². The van der Waals surface area contributed by atoms with Crippen LogP contribution in [0.5, 0.6) is 0 Å². The quantitative estimate of drug-likeness (QED) is 0.814. The Balaban J connectivity index is 1.91. The highest BCUT2D eigenvalue weighted by Crippen LogP contribution is 2.26. The van der Waals surface area contributed by atoms with Crippen molar-refractivity contribution in [2.75, 3.05) is 18.1 Å². The van der Waals surface area contributed by atoms with Crippen LogP contribution in [-0.2, 0) is 4.79 Å². The predicted molar refractivity (Wildman–Crippen MR) is 82.3 cm³/mol. The molecule has 110 valence electrons. The lowest BCUT2D eigenvalue weighted by Gasteiger charge is -2.30. The van der Waals surface area contributed by atoms with Gasteiger partial charge in [0.1, 0.15) is 0 Å². The summed E-state index contributed by atoms with van der Waals surface area (Å²) in [5.41, 5.74) is 0. The SMILES string of the molecule is CCCCC1NC(CC)N(CC2CCSCC2)C1=O. The van der Waals surface area contributed by atoms with Crippen LogP contribution in [0.2, 0.25) is 0 Å². The first-order valence-corrected chi connectivity index (χ1v) is 9.06. The van der Waals surface area contributed by atoms with E-state index < -0.39 is 0 Å². The van der Waals surface area contributed by atoms with Crippen LogP contribution < -0.4 is 5.32 Å². The first-order chi connectivity index (χ1) is 9.26. The number of nitrogens with zero attached hydrogens (tertiary/aromatic N) is 1. The predicted octanol–water partition coefficient (Wildman–Crippen LogP) is 2.86. The summed E-state index contributed by atoms with van der Waals surface area (Å²) in [6, 6.07) is 0.0860. The van der Waals surface area contributed by atoms with E-state index in [2.05, 4.69) is 35.8 Å². The van der Waals surface area contributed by atoms with Gasteiger partial charge in [0.05, 0.1) is 12.2 Å². The van der Waals surface area contributed by atoms with E-state index in [1.165, 1.54) is 30.8 Å². The molecule has 1 N–H and O–H groups in total. The Kier molecular flexibility index (Phi) is 6.02. The molecule has 0 spiro atoms. The van der Waals surface area contributed by atoms with Crippen molar-refractivity contribution in [1.29, 1.82) is 0 Å². The molecule has 3 nitrogen and oxygen atoms in total. The van der Waals surface area contributed by atoms with E-state index in [0.717, 1.165) is 31.7 Å². The molecule has 4 heteroatoms. The molecule has 0 aliphatic carbocycles. The van der Waals surface area contributed by atoms with Gasteiger partial charge < -0.3 is 4.90 Å². The summed E-state index contributed by atoms with van der Waals surface area (Å²) >= 11 is 2.06. The Labute approximate surface area is 121 Å². The van der Waals surface area contributed by atoms with Crippen molar-refractivity contribution in [3.8, 4) is 0 Å². The van der Waals surface area contributed by atoms with Gasteiger partial charge in [0.15, 0.2) is 0 Å². The molecular formula is C15H28N2OS. The largest absolute Gasteiger partial charge is 0.326 e. The standard InChI is InChI=1S/C15H28N2OS/c1-3-5-6-13-15(18)17(14(4-2)16-13)11-12-7-9-19-10-8-12/h12-14,16H,3-11H2,1-2H3. The zero-order valence-electron chi connectivity index (χ0n) is 12.4. The van der Waals surface area contributed by atoms with Crippen molar-refractivity contribution >= 4 is 17.7 Å². The molecule has 2 aliphatic rings. The molecule has 0 aromatic carbocycles. The lowest BCUT2D eigenvalue weighted by Crippen LogP contribution is -2.40. The zero-order valence-corrected chi connectivity index (χ0v) is 13.2. The topological polar surface area (TPSA) is 32.3 Å². The van der Waals surface area contributed by atoms with Crippen LogP contribution in [0.15, 0.2) is 0 Å². The molecule has 2 aliphatic heterocycles. The van der Waals surface area contributed by atoms with E-state index in [1.807, 2.05) is 0 Å². The molecule has 0 radical (unpaired) electrons. The number of carbonyl (C=O) groups excluding carboxylic acids is 1. The second kappa shape index (κ2) is 7.53. The molecule has 0 saturated carbocycles. The van der Waals surface area contributed by atoms with Crippen molar-refractivity contribution < 1.29 is 4.79 Å². The average Bonchev–Trinajstić information content (AvgIpc) is 2.74. The van der Waals surface area contributed by atoms with Gasteiger partial charge in [0.2, 0.25) is 5.91 Å². The zero-order chi connectivity index (χ0) is 13.7. The third-order valence-corrected chi connectivity index (χ3v) is 5.43. The van der Waals surface area contributed by atoms with Gasteiger partial charge in [-0.25, -0.2) is 0 Å². The Morgan fingerprint density at radius 3 is 2.68 bits per heavy atom. The Morgan fingerprint density at radius 2 is 2.05 bits per heavy atom. The van der Waals surface area contributed by atoms with Gasteiger partial charge in [-0.15, -0.1) is 0 Å². The maximum Gasteiger partial charge on any atom is 0.241 e. The minimum atomic E-state index is 0.0860. The van der Waals surface area contributed by atoms with Crippen LogP contribution in [0.3, 0.4) is 0 Å². The Hall–Kier alpha value is -0.220. The highest BCUT2D eigenvalue weighted by Gasteiger charge is 2.38. The monoisotopic (exact) mass is 284 g/mol. The minimum absolute atomic E-state index is 0.0860. The third-order valence-electron chi connectivity index (χ3n) is 4.38. The van der Waals surface area contributed by atoms with Gasteiger partial charge in [-0.3, -0.25) is 10.1 Å². The summed E-state index contributed by atoms with van der Waals surface area (Å²) < 4.78 is 0. The molecule has 0 bridgehead atoms. The summed E-state index contributed by atoms with van der Waals surface area (Å²) in [5, 5.41) is 3.54. The van der Waals surface area contributed by atoms with Crippen LogP contribution in [-0.4, -0.2) is 41.1 Å². The van der Waals surface area contributed by atoms with Gasteiger partial charge in [0, 0.05) is 6.54 Å². The lowest BCUT2D eigenvalue weighted by atomic mass is 10.0. The van der Waals surface area contributed by atoms with E-state index in [4.69, 9.17) is 0 Å². The first kappa shape index (κ1) is 15.2. The molecule has 2 saturated heterocycles. The van der Waals surface area contributed by atoms with E-state index in [-0.39, 0.29) is 12.2 Å². The fourth-order valence-corrected chi connectivity index (χ4v) is 4.33. The molecule has 2 atom stereocenters. The number of rotatable bonds is 6. The second-order valence-corrected chi connectivity index (χ2v) is 7.06. The molecule has 2 unspecified atom stereocenters. The summed E-state index contributed by atoms with van der Waals surface area (Å²) in [7, 11) is 0. The number of hydrogen-bond donors (Lipinski definition) is 1. The lowest BCUT2D eigenvalue weighted by molar-refractivity contribution is -0.130. The van der Waals surface area contributed by atoms with Crippen molar-refractivity contribution in [2.24, 2.45) is 5.92 Å². The number of amides is 1. The average molecular weight is 284 g/mol. The Morgan fingerprint density at radius 1 is 1.32 bits per heavy atom. The van der Waals surface area contributed by atoms with Gasteiger partial charge in [-0.1, -0.05) is 26.7 Å². The smallest absolute Gasteiger partial charge is 0.241 e. The van der Waals surface area contributed by atoms with Gasteiger partial charge in [0.25, 0.3) is 0 Å². The maximum absolute atomic E-state index is 12.5. The summed E-state index contributed by atoms with van der Waals surface area (Å²) in [6.45, 7) is 5.35. The maximum atomic E-state index is 12.5. The van der Waals surface area contributed by atoms with Crippen LogP contribution in [0.25, 0.3) is 0 Å². The van der Waals surface area contributed by atoms with E-state index in [9.17, 15) is 4.79 Å². The highest BCUT2D eigenvalue weighted by atomic mass is 32.2. The van der Waals surface area contributed by atoms with E-state index >= 15 is 0 Å². The Bertz CT molecular complexity index is 292. The van der Waals surface area contributed by atoms with Gasteiger partial charge in [-0.05, 0) is 43.1 Å². The second-order valence-electron chi connectivity index (χ2n) is 5.83. The number of unbranched alkanes of at least 4 members (excludes halogenated alkanes) is 1. The van der Waals surface area contributed by atoms with Crippen LogP contribution >= 0.6 is 11.8 Å². The van der Waals surface area contributed by atoms with Crippen molar-refractivity contribution in [3.05, 3.63) is 0 Å². The van der Waals surface area contributed by atoms with E-state index in [0.29, 0.717) is 5.91 Å². The number of hydrogen-bond acceptors (Lipinski definition) is 3. The molecule has 19 heavy (non-hydrogen) atoms. The minimum Gasteiger partial charge on any atom is -0.326 e.